The van der Waals surface area contributed by atoms with E-state index in [0.29, 0.717) is 12.1 Å². The molecule has 1 aromatic carbocycles. The summed E-state index contributed by atoms with van der Waals surface area (Å²) in [5.74, 6) is -0.169. The molecule has 0 amide bonds. The van der Waals surface area contributed by atoms with E-state index in [9.17, 15) is 4.39 Å². The number of nitrogens with two attached hydrogens (primary N) is 1. The fraction of sp³-hybridized carbons (Fsp3) is 0.500. The van der Waals surface area contributed by atoms with Gasteiger partial charge >= 0.3 is 0 Å². The van der Waals surface area contributed by atoms with Crippen LogP contribution in [0.25, 0.3) is 0 Å². The smallest absolute Gasteiger partial charge is 0.146 e. The summed E-state index contributed by atoms with van der Waals surface area (Å²) < 4.78 is 13.7. The molecule has 0 aliphatic carbocycles. The highest BCUT2D eigenvalue weighted by molar-refractivity contribution is 5.54. The van der Waals surface area contributed by atoms with Crippen LogP contribution in [0.15, 0.2) is 18.2 Å². The number of nitrogens with zero attached hydrogens (tertiary/aromatic N) is 1. The fourth-order valence-corrected chi connectivity index (χ4v) is 1.66. The number of benzene rings is 1. The maximum absolute atomic E-state index is 13.7. The third kappa shape index (κ3) is 2.93. The lowest BCUT2D eigenvalue weighted by molar-refractivity contribution is 0.618. The average Bonchev–Trinajstić information content (AvgIpc) is 2.16. The standard InChI is InChI=1S/C12H19FN2/c1-4-15(3)12-10(8-9(2)14)6-5-7-11(12)13/h5-7,9H,4,8,14H2,1-3H3. The molecule has 1 aromatic rings. The zero-order valence-electron chi connectivity index (χ0n) is 9.63. The summed E-state index contributed by atoms with van der Waals surface area (Å²) in [6, 6.07) is 5.22. The normalized spacial score (nSPS) is 12.6. The van der Waals surface area contributed by atoms with E-state index < -0.39 is 0 Å². The van der Waals surface area contributed by atoms with Crippen molar-refractivity contribution in [2.45, 2.75) is 26.3 Å². The molecule has 84 valence electrons. The van der Waals surface area contributed by atoms with E-state index in [1.807, 2.05) is 31.9 Å². The Morgan fingerprint density at radius 2 is 2.13 bits per heavy atom. The van der Waals surface area contributed by atoms with E-state index in [0.717, 1.165) is 12.1 Å². The Bertz CT molecular complexity index is 323. The lowest BCUT2D eigenvalue weighted by atomic mass is 10.0. The highest BCUT2D eigenvalue weighted by Crippen LogP contribution is 2.24. The molecule has 3 heteroatoms. The number of hydrogen-bond acceptors (Lipinski definition) is 2. The minimum atomic E-state index is -0.169. The quantitative estimate of drug-likeness (QED) is 0.825. The number of hydrogen-bond donors (Lipinski definition) is 1. The molecular weight excluding hydrogens is 191 g/mol. The molecule has 0 spiro atoms. The van der Waals surface area contributed by atoms with Crippen molar-refractivity contribution in [3.63, 3.8) is 0 Å². The SMILES string of the molecule is CCN(C)c1c(F)cccc1CC(C)N. The van der Waals surface area contributed by atoms with Crippen molar-refractivity contribution in [2.75, 3.05) is 18.5 Å². The number of rotatable bonds is 4. The van der Waals surface area contributed by atoms with Gasteiger partial charge in [0.1, 0.15) is 5.82 Å². The van der Waals surface area contributed by atoms with Crippen molar-refractivity contribution >= 4 is 5.69 Å². The molecule has 0 saturated heterocycles. The van der Waals surface area contributed by atoms with Crippen LogP contribution in [-0.4, -0.2) is 19.6 Å². The van der Waals surface area contributed by atoms with Crippen LogP contribution >= 0.6 is 0 Å². The van der Waals surface area contributed by atoms with Gasteiger partial charge < -0.3 is 10.6 Å². The van der Waals surface area contributed by atoms with Crippen LogP contribution in [0.3, 0.4) is 0 Å². The maximum atomic E-state index is 13.7. The van der Waals surface area contributed by atoms with Crippen LogP contribution in [-0.2, 0) is 6.42 Å². The Labute approximate surface area is 90.9 Å². The van der Waals surface area contributed by atoms with Crippen LogP contribution in [0.1, 0.15) is 19.4 Å². The van der Waals surface area contributed by atoms with Crippen LogP contribution < -0.4 is 10.6 Å². The minimum absolute atomic E-state index is 0.0517. The molecule has 0 heterocycles. The van der Waals surface area contributed by atoms with Crippen molar-refractivity contribution in [3.8, 4) is 0 Å². The van der Waals surface area contributed by atoms with E-state index >= 15 is 0 Å². The van der Waals surface area contributed by atoms with Gasteiger partial charge in [-0.05, 0) is 31.9 Å². The van der Waals surface area contributed by atoms with Crippen LogP contribution in [0, 0.1) is 5.82 Å². The fourth-order valence-electron chi connectivity index (χ4n) is 1.66. The zero-order chi connectivity index (χ0) is 11.4. The van der Waals surface area contributed by atoms with Crippen molar-refractivity contribution < 1.29 is 4.39 Å². The first-order valence-electron chi connectivity index (χ1n) is 5.30. The first-order chi connectivity index (χ1) is 7.06. The van der Waals surface area contributed by atoms with Gasteiger partial charge in [-0.2, -0.15) is 0 Å². The minimum Gasteiger partial charge on any atom is -0.372 e. The van der Waals surface area contributed by atoms with Gasteiger partial charge in [0.25, 0.3) is 0 Å². The van der Waals surface area contributed by atoms with Crippen molar-refractivity contribution in [1.29, 1.82) is 0 Å². The molecule has 0 aliphatic rings. The Kier molecular flexibility index (Phi) is 4.09. The van der Waals surface area contributed by atoms with Crippen LogP contribution in [0.5, 0.6) is 0 Å². The van der Waals surface area contributed by atoms with Gasteiger partial charge in [-0.15, -0.1) is 0 Å². The van der Waals surface area contributed by atoms with Gasteiger partial charge in [0.15, 0.2) is 0 Å². The molecule has 0 saturated carbocycles. The molecule has 15 heavy (non-hydrogen) atoms. The largest absolute Gasteiger partial charge is 0.372 e. The predicted molar refractivity (Wildman–Crippen MR) is 62.7 cm³/mol. The highest BCUT2D eigenvalue weighted by atomic mass is 19.1. The van der Waals surface area contributed by atoms with Crippen molar-refractivity contribution in [1.82, 2.24) is 0 Å². The zero-order valence-corrected chi connectivity index (χ0v) is 9.63. The Morgan fingerprint density at radius 3 is 2.67 bits per heavy atom. The van der Waals surface area contributed by atoms with Crippen molar-refractivity contribution in [3.05, 3.63) is 29.6 Å². The maximum Gasteiger partial charge on any atom is 0.146 e. The lowest BCUT2D eigenvalue weighted by Crippen LogP contribution is -2.23. The molecule has 1 rings (SSSR count). The molecule has 0 radical (unpaired) electrons. The van der Waals surface area contributed by atoms with E-state index in [4.69, 9.17) is 5.73 Å². The highest BCUT2D eigenvalue weighted by Gasteiger charge is 2.12. The summed E-state index contributed by atoms with van der Waals surface area (Å²) >= 11 is 0. The van der Waals surface area contributed by atoms with Gasteiger partial charge in [0.2, 0.25) is 0 Å². The summed E-state index contributed by atoms with van der Waals surface area (Å²) in [6.45, 7) is 4.72. The van der Waals surface area contributed by atoms with Gasteiger partial charge in [0, 0.05) is 19.6 Å². The Balaban J connectivity index is 3.08. The third-order valence-corrected chi connectivity index (χ3v) is 2.47. The molecule has 1 unspecified atom stereocenters. The third-order valence-electron chi connectivity index (χ3n) is 2.47. The number of anilines is 1. The number of halogens is 1. The Morgan fingerprint density at radius 1 is 1.47 bits per heavy atom. The van der Waals surface area contributed by atoms with Crippen molar-refractivity contribution in [2.24, 2.45) is 5.73 Å². The first kappa shape index (κ1) is 12.0. The van der Waals surface area contributed by atoms with E-state index in [2.05, 4.69) is 0 Å². The topological polar surface area (TPSA) is 29.3 Å². The number of para-hydroxylation sites is 1. The summed E-state index contributed by atoms with van der Waals surface area (Å²) in [5.41, 5.74) is 7.40. The van der Waals surface area contributed by atoms with Gasteiger partial charge in [-0.25, -0.2) is 4.39 Å². The summed E-state index contributed by atoms with van der Waals surface area (Å²) in [7, 11) is 1.89. The molecule has 0 bridgehead atoms. The summed E-state index contributed by atoms with van der Waals surface area (Å²) in [5, 5.41) is 0. The van der Waals surface area contributed by atoms with Gasteiger partial charge in [0.05, 0.1) is 5.69 Å². The average molecular weight is 210 g/mol. The summed E-state index contributed by atoms with van der Waals surface area (Å²) in [6.07, 6.45) is 0.706. The second kappa shape index (κ2) is 5.12. The van der Waals surface area contributed by atoms with E-state index in [1.54, 1.807) is 6.07 Å². The summed E-state index contributed by atoms with van der Waals surface area (Å²) in [4.78, 5) is 1.91. The first-order valence-corrected chi connectivity index (χ1v) is 5.30. The van der Waals surface area contributed by atoms with E-state index in [-0.39, 0.29) is 11.9 Å². The monoisotopic (exact) mass is 210 g/mol. The second-order valence-corrected chi connectivity index (χ2v) is 3.94. The molecule has 0 aliphatic heterocycles. The van der Waals surface area contributed by atoms with Crippen LogP contribution in [0.2, 0.25) is 0 Å². The Hall–Kier alpha value is -1.09. The molecule has 0 aromatic heterocycles. The molecule has 2 nitrogen and oxygen atoms in total. The molecule has 2 N–H and O–H groups in total. The van der Waals surface area contributed by atoms with Crippen LogP contribution in [0.4, 0.5) is 10.1 Å². The molecular formula is C12H19FN2. The molecule has 0 fully saturated rings. The second-order valence-electron chi connectivity index (χ2n) is 3.94. The molecule has 1 atom stereocenters. The van der Waals surface area contributed by atoms with Gasteiger partial charge in [-0.3, -0.25) is 0 Å². The van der Waals surface area contributed by atoms with Gasteiger partial charge in [-0.1, -0.05) is 12.1 Å². The predicted octanol–water partition coefficient (Wildman–Crippen LogP) is 2.17. The van der Waals surface area contributed by atoms with E-state index in [1.165, 1.54) is 6.07 Å². The lowest BCUT2D eigenvalue weighted by Gasteiger charge is -2.22.